The molecule has 1 N–H and O–H groups in total. The van der Waals surface area contributed by atoms with Gasteiger partial charge in [-0.05, 0) is 55.2 Å². The molecule has 0 saturated heterocycles. The Labute approximate surface area is 136 Å². The third-order valence-electron chi connectivity index (χ3n) is 4.49. The molecular weight excluding hydrogens is 296 g/mol. The van der Waals surface area contributed by atoms with E-state index >= 15 is 0 Å². The highest BCUT2D eigenvalue weighted by Gasteiger charge is 2.31. The lowest BCUT2D eigenvalue weighted by molar-refractivity contribution is 0.0981. The number of benzene rings is 2. The van der Waals surface area contributed by atoms with Gasteiger partial charge in [-0.25, -0.2) is 0 Å². The van der Waals surface area contributed by atoms with Crippen molar-refractivity contribution in [2.75, 3.05) is 16.8 Å². The summed E-state index contributed by atoms with van der Waals surface area (Å²) in [7, 11) is 0. The molecule has 0 bridgehead atoms. The van der Waals surface area contributed by atoms with E-state index in [4.69, 9.17) is 0 Å². The second-order valence-corrected chi connectivity index (χ2v) is 5.91. The largest absolute Gasteiger partial charge is 0.384 e. The number of hydrogen-bond acceptors (Lipinski definition) is 2. The van der Waals surface area contributed by atoms with E-state index < -0.39 is 0 Å². The van der Waals surface area contributed by atoms with E-state index in [1.54, 1.807) is 0 Å². The molecule has 1 atom stereocenters. The Kier molecular flexibility index (Phi) is 3.83. The van der Waals surface area contributed by atoms with Crippen molar-refractivity contribution in [3.05, 3.63) is 59.2 Å². The highest BCUT2D eigenvalue weighted by atomic mass is 35.5. The van der Waals surface area contributed by atoms with Crippen LogP contribution in [0.2, 0.25) is 0 Å². The Morgan fingerprint density at radius 3 is 2.86 bits per heavy atom. The molecule has 0 aliphatic carbocycles. The topological polar surface area (TPSA) is 32.3 Å². The minimum Gasteiger partial charge on any atom is -0.384 e. The Morgan fingerprint density at radius 2 is 2.00 bits per heavy atom. The van der Waals surface area contributed by atoms with Crippen LogP contribution in [0.15, 0.2) is 42.5 Å². The van der Waals surface area contributed by atoms with E-state index in [2.05, 4.69) is 18.3 Å². The van der Waals surface area contributed by atoms with Crippen LogP contribution in [-0.2, 0) is 12.8 Å². The number of nitrogens with one attached hydrogen (secondary N) is 1. The zero-order valence-electron chi connectivity index (χ0n) is 12.5. The molecule has 2 aromatic carbocycles. The van der Waals surface area contributed by atoms with Crippen LogP contribution in [0.3, 0.4) is 0 Å². The number of hydrogen-bond donors (Lipinski definition) is 1. The van der Waals surface area contributed by atoms with Gasteiger partial charge in [-0.1, -0.05) is 18.2 Å². The Morgan fingerprint density at radius 1 is 1.18 bits per heavy atom. The van der Waals surface area contributed by atoms with E-state index in [1.807, 2.05) is 41.3 Å². The molecule has 1 unspecified atom stereocenters. The smallest absolute Gasteiger partial charge is 0.258 e. The Bertz CT molecular complexity index is 729. The molecule has 0 aromatic heterocycles. The lowest BCUT2D eigenvalue weighted by Gasteiger charge is -2.23. The molecule has 2 aliphatic rings. The predicted octanol–water partition coefficient (Wildman–Crippen LogP) is 3.67. The number of fused-ring (bicyclic) bond motifs is 2. The molecule has 1 amide bonds. The number of amides is 1. The average molecular weight is 315 g/mol. The van der Waals surface area contributed by atoms with Gasteiger partial charge in [-0.15, -0.1) is 12.4 Å². The third-order valence-corrected chi connectivity index (χ3v) is 4.49. The molecule has 4 rings (SSSR count). The number of para-hydroxylation sites is 1. The minimum absolute atomic E-state index is 0. The average Bonchev–Trinajstić information content (AvgIpc) is 3.08. The standard InChI is InChI=1S/C18H18N2O.ClH/c1-12-10-14-4-2-3-5-17(14)20(12)18(21)15-6-7-16-13(11-15)8-9-19-16;/h2-7,11-12,19H,8-10H2,1H3;1H. The lowest BCUT2D eigenvalue weighted by atomic mass is 10.1. The van der Waals surface area contributed by atoms with Crippen LogP contribution in [0, 0.1) is 0 Å². The Balaban J connectivity index is 0.00000144. The van der Waals surface area contributed by atoms with Crippen LogP contribution in [0.4, 0.5) is 11.4 Å². The molecule has 2 heterocycles. The predicted molar refractivity (Wildman–Crippen MR) is 92.3 cm³/mol. The van der Waals surface area contributed by atoms with E-state index in [0.29, 0.717) is 0 Å². The maximum absolute atomic E-state index is 12.9. The van der Waals surface area contributed by atoms with Crippen LogP contribution < -0.4 is 10.2 Å². The summed E-state index contributed by atoms with van der Waals surface area (Å²) in [6.07, 6.45) is 1.94. The third kappa shape index (κ3) is 2.26. The van der Waals surface area contributed by atoms with Crippen LogP contribution in [0.1, 0.15) is 28.4 Å². The van der Waals surface area contributed by atoms with Gasteiger partial charge < -0.3 is 10.2 Å². The summed E-state index contributed by atoms with van der Waals surface area (Å²) in [6, 6.07) is 14.4. The van der Waals surface area contributed by atoms with E-state index in [1.165, 1.54) is 16.8 Å². The van der Waals surface area contributed by atoms with Gasteiger partial charge in [-0.3, -0.25) is 4.79 Å². The minimum atomic E-state index is 0. The number of carbonyl (C=O) groups is 1. The van der Waals surface area contributed by atoms with Gasteiger partial charge in [0, 0.05) is 29.5 Å². The van der Waals surface area contributed by atoms with E-state index in [9.17, 15) is 4.79 Å². The summed E-state index contributed by atoms with van der Waals surface area (Å²) in [5.74, 6) is 0.113. The second-order valence-electron chi connectivity index (χ2n) is 5.91. The van der Waals surface area contributed by atoms with Crippen molar-refractivity contribution in [1.82, 2.24) is 0 Å². The highest BCUT2D eigenvalue weighted by molar-refractivity contribution is 6.08. The van der Waals surface area contributed by atoms with Crippen molar-refractivity contribution in [3.8, 4) is 0 Å². The summed E-state index contributed by atoms with van der Waals surface area (Å²) in [4.78, 5) is 14.9. The normalized spacial score (nSPS) is 18.2. The number of carbonyl (C=O) groups excluding carboxylic acids is 1. The fraction of sp³-hybridized carbons (Fsp3) is 0.278. The fourth-order valence-electron chi connectivity index (χ4n) is 3.45. The van der Waals surface area contributed by atoms with Crippen molar-refractivity contribution >= 4 is 29.7 Å². The quantitative estimate of drug-likeness (QED) is 0.871. The summed E-state index contributed by atoms with van der Waals surface area (Å²) < 4.78 is 0. The van der Waals surface area contributed by atoms with Crippen LogP contribution in [-0.4, -0.2) is 18.5 Å². The lowest BCUT2D eigenvalue weighted by Crippen LogP contribution is -2.35. The molecular formula is C18H19ClN2O. The zero-order chi connectivity index (χ0) is 14.4. The van der Waals surface area contributed by atoms with Gasteiger partial charge in [0.1, 0.15) is 0 Å². The molecule has 22 heavy (non-hydrogen) atoms. The first kappa shape index (κ1) is 14.9. The van der Waals surface area contributed by atoms with Gasteiger partial charge >= 0.3 is 0 Å². The molecule has 0 radical (unpaired) electrons. The molecule has 0 saturated carbocycles. The van der Waals surface area contributed by atoms with Gasteiger partial charge in [-0.2, -0.15) is 0 Å². The van der Waals surface area contributed by atoms with Gasteiger partial charge in [0.15, 0.2) is 0 Å². The summed E-state index contributed by atoms with van der Waals surface area (Å²) in [6.45, 7) is 3.09. The number of halogens is 1. The molecule has 2 aliphatic heterocycles. The maximum atomic E-state index is 12.9. The van der Waals surface area contributed by atoms with E-state index in [-0.39, 0.29) is 24.4 Å². The summed E-state index contributed by atoms with van der Waals surface area (Å²) >= 11 is 0. The zero-order valence-corrected chi connectivity index (χ0v) is 13.3. The highest BCUT2D eigenvalue weighted by Crippen LogP contribution is 2.33. The number of nitrogens with zero attached hydrogens (tertiary/aromatic N) is 1. The Hall–Kier alpha value is -2.00. The SMILES string of the molecule is CC1Cc2ccccc2N1C(=O)c1ccc2c(c1)CCN2.Cl. The summed E-state index contributed by atoms with van der Waals surface area (Å²) in [5.41, 5.74) is 5.54. The first-order valence-electron chi connectivity index (χ1n) is 7.52. The number of anilines is 2. The maximum Gasteiger partial charge on any atom is 0.258 e. The van der Waals surface area contributed by atoms with Gasteiger partial charge in [0.25, 0.3) is 5.91 Å². The van der Waals surface area contributed by atoms with Crippen molar-refractivity contribution in [1.29, 1.82) is 0 Å². The molecule has 0 spiro atoms. The first-order chi connectivity index (χ1) is 10.2. The van der Waals surface area contributed by atoms with Crippen LogP contribution in [0.5, 0.6) is 0 Å². The van der Waals surface area contributed by atoms with Crippen molar-refractivity contribution in [2.45, 2.75) is 25.8 Å². The molecule has 114 valence electrons. The summed E-state index contributed by atoms with van der Waals surface area (Å²) in [5, 5.41) is 3.34. The fourth-order valence-corrected chi connectivity index (χ4v) is 3.45. The molecule has 3 nitrogen and oxygen atoms in total. The number of rotatable bonds is 1. The van der Waals surface area contributed by atoms with E-state index in [0.717, 1.165) is 30.6 Å². The first-order valence-corrected chi connectivity index (χ1v) is 7.52. The van der Waals surface area contributed by atoms with Crippen molar-refractivity contribution in [3.63, 3.8) is 0 Å². The van der Waals surface area contributed by atoms with Crippen molar-refractivity contribution < 1.29 is 4.79 Å². The molecule has 0 fully saturated rings. The monoisotopic (exact) mass is 314 g/mol. The molecule has 2 aromatic rings. The van der Waals surface area contributed by atoms with Gasteiger partial charge in [0.2, 0.25) is 0 Å². The second kappa shape index (κ2) is 5.65. The van der Waals surface area contributed by atoms with Crippen molar-refractivity contribution in [2.24, 2.45) is 0 Å². The van der Waals surface area contributed by atoms with Gasteiger partial charge in [0.05, 0.1) is 0 Å². The molecule has 4 heteroatoms. The van der Waals surface area contributed by atoms with Crippen LogP contribution in [0.25, 0.3) is 0 Å². The van der Waals surface area contributed by atoms with Crippen LogP contribution >= 0.6 is 12.4 Å².